The van der Waals surface area contributed by atoms with Crippen LogP contribution < -0.4 is 0 Å². The first-order valence-electron chi connectivity index (χ1n) is 8.61. The van der Waals surface area contributed by atoms with E-state index >= 15 is 0 Å². The Morgan fingerprint density at radius 3 is 1.81 bits per heavy atom. The Labute approximate surface area is 155 Å². The van der Waals surface area contributed by atoms with Crippen LogP contribution in [-0.2, 0) is 14.2 Å². The van der Waals surface area contributed by atoms with Crippen LogP contribution in [0.4, 0.5) is 0 Å². The Morgan fingerprint density at radius 2 is 1.33 bits per heavy atom. The Balaban J connectivity index is 2.43. The minimum absolute atomic E-state index is 0.220. The molecule has 0 aromatic rings. The highest BCUT2D eigenvalue weighted by Crippen LogP contribution is 2.42. The van der Waals surface area contributed by atoms with Crippen molar-refractivity contribution in [1.29, 1.82) is 0 Å². The van der Waals surface area contributed by atoms with Gasteiger partial charge in [0, 0.05) is 6.42 Å². The van der Waals surface area contributed by atoms with Crippen LogP contribution in [0.2, 0.25) is 0 Å². The fourth-order valence-electron chi connectivity index (χ4n) is 3.33. The summed E-state index contributed by atoms with van der Waals surface area (Å²) >= 11 is 0. The SMILES string of the molecule is C/C=C/C[C@@]1(OC2(CO)O[C@H](CO)[C@@H](O)[C@@H]2O)O[C@H](CO)[C@@H](O)[C@H](O)[C@H]1O. The minimum Gasteiger partial charge on any atom is -0.394 e. The van der Waals surface area contributed by atoms with Crippen LogP contribution in [0.5, 0.6) is 0 Å². The summed E-state index contributed by atoms with van der Waals surface area (Å²) in [4.78, 5) is 0. The summed E-state index contributed by atoms with van der Waals surface area (Å²) < 4.78 is 16.5. The quantitative estimate of drug-likeness (QED) is 0.195. The summed E-state index contributed by atoms with van der Waals surface area (Å²) in [6.45, 7) is -0.734. The van der Waals surface area contributed by atoms with Gasteiger partial charge in [0.1, 0.15) is 49.3 Å². The van der Waals surface area contributed by atoms with Gasteiger partial charge in [-0.1, -0.05) is 12.2 Å². The second-order valence-electron chi connectivity index (χ2n) is 6.70. The van der Waals surface area contributed by atoms with Gasteiger partial charge >= 0.3 is 0 Å². The number of rotatable bonds is 7. The highest BCUT2D eigenvalue weighted by atomic mass is 16.8. The number of hydrogen-bond acceptors (Lipinski definition) is 11. The van der Waals surface area contributed by atoms with Gasteiger partial charge < -0.3 is 55.1 Å². The van der Waals surface area contributed by atoms with Crippen molar-refractivity contribution in [1.82, 2.24) is 0 Å². The first kappa shape index (κ1) is 22.6. The molecule has 2 rings (SSSR count). The molecule has 11 nitrogen and oxygen atoms in total. The van der Waals surface area contributed by atoms with Gasteiger partial charge in [-0.2, -0.15) is 0 Å². The molecule has 0 bridgehead atoms. The summed E-state index contributed by atoms with van der Waals surface area (Å²) in [5.74, 6) is -4.44. The van der Waals surface area contributed by atoms with Gasteiger partial charge in [0.25, 0.3) is 0 Å². The molecule has 0 aromatic heterocycles. The van der Waals surface area contributed by atoms with E-state index in [0.29, 0.717) is 0 Å². The predicted molar refractivity (Wildman–Crippen MR) is 87.0 cm³/mol. The van der Waals surface area contributed by atoms with Gasteiger partial charge in [-0.05, 0) is 6.92 Å². The van der Waals surface area contributed by atoms with Crippen molar-refractivity contribution in [3.8, 4) is 0 Å². The van der Waals surface area contributed by atoms with Gasteiger partial charge in [-0.25, -0.2) is 0 Å². The van der Waals surface area contributed by atoms with Crippen molar-refractivity contribution >= 4 is 0 Å². The third-order valence-electron chi connectivity index (χ3n) is 4.93. The second-order valence-corrected chi connectivity index (χ2v) is 6.70. The average Bonchev–Trinajstić information content (AvgIpc) is 2.92. The molecule has 0 radical (unpaired) electrons. The first-order valence-corrected chi connectivity index (χ1v) is 8.61. The summed E-state index contributed by atoms with van der Waals surface area (Å²) in [5, 5.41) is 79.5. The van der Waals surface area contributed by atoms with E-state index < -0.39 is 74.1 Å². The van der Waals surface area contributed by atoms with Gasteiger partial charge in [0.05, 0.1) is 13.2 Å². The standard InChI is InChI=1S/C16H28O11/c1-2-3-4-15(14(24)12(22)10(20)8(5-17)25-15)27-16(7-19)13(23)11(21)9(6-18)26-16/h2-3,8-14,17-24H,4-7H2,1H3/b3-2+/t8-,9-,10-,11-,12+,13+,14-,15+,16?/m1/s1. The molecule has 9 atom stereocenters. The molecule has 0 aliphatic carbocycles. The van der Waals surface area contributed by atoms with E-state index in [1.54, 1.807) is 13.0 Å². The maximum absolute atomic E-state index is 10.5. The lowest BCUT2D eigenvalue weighted by atomic mass is 9.90. The zero-order valence-corrected chi connectivity index (χ0v) is 14.8. The summed E-state index contributed by atoms with van der Waals surface area (Å²) in [6.07, 6.45) is -8.47. The van der Waals surface area contributed by atoms with Crippen LogP contribution in [0.15, 0.2) is 12.2 Å². The van der Waals surface area contributed by atoms with Gasteiger partial charge in [0.2, 0.25) is 11.6 Å². The highest BCUT2D eigenvalue weighted by molar-refractivity contribution is 5.04. The normalized spacial score (nSPS) is 48.4. The third-order valence-corrected chi connectivity index (χ3v) is 4.93. The molecule has 0 spiro atoms. The summed E-state index contributed by atoms with van der Waals surface area (Å²) in [7, 11) is 0. The van der Waals surface area contributed by atoms with E-state index in [0.717, 1.165) is 0 Å². The van der Waals surface area contributed by atoms with Crippen LogP contribution in [0.25, 0.3) is 0 Å². The Hall–Kier alpha value is -0.700. The number of aliphatic hydroxyl groups excluding tert-OH is 8. The average molecular weight is 396 g/mol. The molecule has 27 heavy (non-hydrogen) atoms. The van der Waals surface area contributed by atoms with Crippen LogP contribution in [0, 0.1) is 0 Å². The molecule has 1 unspecified atom stereocenters. The van der Waals surface area contributed by atoms with E-state index in [4.69, 9.17) is 14.2 Å². The second kappa shape index (κ2) is 8.76. The highest BCUT2D eigenvalue weighted by Gasteiger charge is 2.63. The van der Waals surface area contributed by atoms with Crippen molar-refractivity contribution in [3.63, 3.8) is 0 Å². The Kier molecular flexibility index (Phi) is 7.33. The molecule has 158 valence electrons. The van der Waals surface area contributed by atoms with Crippen LogP contribution in [0.3, 0.4) is 0 Å². The van der Waals surface area contributed by atoms with Crippen molar-refractivity contribution in [2.45, 2.75) is 67.6 Å². The molecule has 11 heteroatoms. The molecule has 2 heterocycles. The molecular weight excluding hydrogens is 368 g/mol. The fourth-order valence-corrected chi connectivity index (χ4v) is 3.33. The molecule has 0 amide bonds. The van der Waals surface area contributed by atoms with Crippen LogP contribution in [0.1, 0.15) is 13.3 Å². The van der Waals surface area contributed by atoms with Gasteiger partial charge in [-0.15, -0.1) is 0 Å². The monoisotopic (exact) mass is 396 g/mol. The summed E-state index contributed by atoms with van der Waals surface area (Å²) in [6, 6.07) is 0. The molecule has 2 aliphatic heterocycles. The summed E-state index contributed by atoms with van der Waals surface area (Å²) in [5.41, 5.74) is 0. The minimum atomic E-state index is -2.29. The largest absolute Gasteiger partial charge is 0.394 e. The molecule has 0 aromatic carbocycles. The maximum Gasteiger partial charge on any atom is 0.224 e. The van der Waals surface area contributed by atoms with E-state index in [1.807, 2.05) is 0 Å². The van der Waals surface area contributed by atoms with Crippen LogP contribution >= 0.6 is 0 Å². The molecule has 2 fully saturated rings. The Bertz CT molecular complexity index is 515. The van der Waals surface area contributed by atoms with Crippen LogP contribution in [-0.4, -0.2) is 115 Å². The number of ether oxygens (including phenoxy) is 3. The third kappa shape index (κ3) is 3.91. The molecule has 8 N–H and O–H groups in total. The van der Waals surface area contributed by atoms with Gasteiger partial charge in [0.15, 0.2) is 0 Å². The Morgan fingerprint density at radius 1 is 0.815 bits per heavy atom. The van der Waals surface area contributed by atoms with E-state index in [-0.39, 0.29) is 6.42 Å². The van der Waals surface area contributed by atoms with Crippen molar-refractivity contribution in [3.05, 3.63) is 12.2 Å². The molecule has 0 saturated carbocycles. The smallest absolute Gasteiger partial charge is 0.224 e. The molecule has 2 aliphatic rings. The number of allylic oxidation sites excluding steroid dienone is 1. The van der Waals surface area contributed by atoms with E-state index in [2.05, 4.69) is 0 Å². The zero-order chi connectivity index (χ0) is 20.4. The lowest BCUT2D eigenvalue weighted by molar-refractivity contribution is -0.432. The number of aliphatic hydroxyl groups is 8. The zero-order valence-electron chi connectivity index (χ0n) is 14.8. The van der Waals surface area contributed by atoms with E-state index in [1.165, 1.54) is 6.08 Å². The first-order chi connectivity index (χ1) is 12.7. The lowest BCUT2D eigenvalue weighted by Crippen LogP contribution is -2.69. The maximum atomic E-state index is 10.5. The predicted octanol–water partition coefficient (Wildman–Crippen LogP) is -4.06. The lowest BCUT2D eigenvalue weighted by Gasteiger charge is -2.50. The van der Waals surface area contributed by atoms with Crippen molar-refractivity contribution in [2.24, 2.45) is 0 Å². The van der Waals surface area contributed by atoms with E-state index in [9.17, 15) is 40.9 Å². The fraction of sp³-hybridized carbons (Fsp3) is 0.875. The topological polar surface area (TPSA) is 190 Å². The molecule has 2 saturated heterocycles. The van der Waals surface area contributed by atoms with Gasteiger partial charge in [-0.3, -0.25) is 0 Å². The number of hydrogen-bond donors (Lipinski definition) is 8. The molecular formula is C16H28O11. The van der Waals surface area contributed by atoms with Crippen molar-refractivity contribution < 1.29 is 55.1 Å². The van der Waals surface area contributed by atoms with Crippen molar-refractivity contribution in [2.75, 3.05) is 19.8 Å².